The first kappa shape index (κ1) is 26.7. The average molecular weight is 574 g/mol. The SMILES string of the molecule is CCNC(=NCC1CCN(CC(F)(F)F)C1)NCC1CCCN(C)C1c1cccs1.I. The highest BCUT2D eigenvalue weighted by Gasteiger charge is 2.34. The van der Waals surface area contributed by atoms with Crippen molar-refractivity contribution in [3.8, 4) is 0 Å². The molecule has 0 amide bonds. The molecule has 0 aromatic carbocycles. The number of thiophene rings is 1. The lowest BCUT2D eigenvalue weighted by Crippen LogP contribution is -2.45. The molecule has 178 valence electrons. The van der Waals surface area contributed by atoms with Crippen LogP contribution in [0.1, 0.15) is 37.1 Å². The normalized spacial score (nSPS) is 26.0. The van der Waals surface area contributed by atoms with E-state index in [1.54, 1.807) is 0 Å². The molecule has 3 unspecified atom stereocenters. The molecule has 0 saturated carbocycles. The topological polar surface area (TPSA) is 42.9 Å². The minimum absolute atomic E-state index is 0. The van der Waals surface area contributed by atoms with Crippen molar-refractivity contribution in [3.63, 3.8) is 0 Å². The molecule has 0 bridgehead atoms. The summed E-state index contributed by atoms with van der Waals surface area (Å²) in [5, 5.41) is 8.93. The van der Waals surface area contributed by atoms with Gasteiger partial charge in [-0.15, -0.1) is 35.3 Å². The minimum Gasteiger partial charge on any atom is -0.357 e. The van der Waals surface area contributed by atoms with E-state index in [0.717, 1.165) is 32.0 Å². The molecule has 3 rings (SSSR count). The number of nitrogens with zero attached hydrogens (tertiary/aromatic N) is 3. The van der Waals surface area contributed by atoms with Gasteiger partial charge in [0.25, 0.3) is 0 Å². The molecule has 3 atom stereocenters. The Morgan fingerprint density at radius 2 is 2.06 bits per heavy atom. The quantitative estimate of drug-likeness (QED) is 0.292. The van der Waals surface area contributed by atoms with Crippen LogP contribution in [-0.4, -0.2) is 74.8 Å². The van der Waals surface area contributed by atoms with Gasteiger partial charge in [-0.3, -0.25) is 14.8 Å². The molecule has 2 saturated heterocycles. The zero-order chi connectivity index (χ0) is 21.6. The van der Waals surface area contributed by atoms with E-state index in [-0.39, 0.29) is 29.9 Å². The van der Waals surface area contributed by atoms with Gasteiger partial charge in [0.1, 0.15) is 0 Å². The second kappa shape index (κ2) is 12.6. The van der Waals surface area contributed by atoms with Gasteiger partial charge in [0.05, 0.1) is 6.54 Å². The molecule has 1 aromatic rings. The predicted octanol–water partition coefficient (Wildman–Crippen LogP) is 4.19. The molecule has 2 aliphatic rings. The number of halogens is 4. The largest absolute Gasteiger partial charge is 0.401 e. The van der Waals surface area contributed by atoms with Crippen molar-refractivity contribution in [1.29, 1.82) is 0 Å². The molecule has 31 heavy (non-hydrogen) atoms. The third-order valence-corrected chi connectivity index (χ3v) is 6.94. The summed E-state index contributed by atoms with van der Waals surface area (Å²) in [6.45, 7) is 5.45. The summed E-state index contributed by atoms with van der Waals surface area (Å²) >= 11 is 1.81. The highest BCUT2D eigenvalue weighted by molar-refractivity contribution is 14.0. The van der Waals surface area contributed by atoms with Crippen LogP contribution in [0.25, 0.3) is 0 Å². The van der Waals surface area contributed by atoms with Crippen LogP contribution in [-0.2, 0) is 0 Å². The van der Waals surface area contributed by atoms with Gasteiger partial charge < -0.3 is 10.6 Å². The summed E-state index contributed by atoms with van der Waals surface area (Å²) in [6, 6.07) is 4.75. The summed E-state index contributed by atoms with van der Waals surface area (Å²) in [6.07, 6.45) is -0.988. The van der Waals surface area contributed by atoms with E-state index in [4.69, 9.17) is 4.99 Å². The second-order valence-corrected chi connectivity index (χ2v) is 9.43. The first-order chi connectivity index (χ1) is 14.4. The first-order valence-corrected chi connectivity index (χ1v) is 11.8. The summed E-state index contributed by atoms with van der Waals surface area (Å²) in [7, 11) is 2.20. The van der Waals surface area contributed by atoms with Crippen molar-refractivity contribution in [2.75, 3.05) is 52.9 Å². The average Bonchev–Trinajstić information content (AvgIpc) is 3.35. The molecule has 1 aromatic heterocycles. The number of aliphatic imine (C=N–C) groups is 1. The summed E-state index contributed by atoms with van der Waals surface area (Å²) in [5.41, 5.74) is 0. The molecule has 3 heterocycles. The second-order valence-electron chi connectivity index (χ2n) is 8.45. The molecule has 5 nitrogen and oxygen atoms in total. The van der Waals surface area contributed by atoms with Crippen molar-refractivity contribution in [2.24, 2.45) is 16.8 Å². The van der Waals surface area contributed by atoms with Crippen molar-refractivity contribution in [1.82, 2.24) is 20.4 Å². The van der Waals surface area contributed by atoms with E-state index < -0.39 is 12.7 Å². The Balaban J connectivity index is 0.00000341. The van der Waals surface area contributed by atoms with Crippen LogP contribution in [0.15, 0.2) is 22.5 Å². The van der Waals surface area contributed by atoms with Crippen LogP contribution >= 0.6 is 35.3 Å². The Kier molecular flexibility index (Phi) is 10.8. The van der Waals surface area contributed by atoms with Gasteiger partial charge in [-0.1, -0.05) is 6.07 Å². The number of guanidine groups is 1. The Morgan fingerprint density at radius 3 is 2.74 bits per heavy atom. The van der Waals surface area contributed by atoms with Gasteiger partial charge >= 0.3 is 6.18 Å². The third-order valence-electron chi connectivity index (χ3n) is 6.00. The summed E-state index contributed by atoms with van der Waals surface area (Å²) < 4.78 is 37.8. The van der Waals surface area contributed by atoms with E-state index in [1.165, 1.54) is 22.6 Å². The summed E-state index contributed by atoms with van der Waals surface area (Å²) in [4.78, 5) is 10.0. The highest BCUT2D eigenvalue weighted by atomic mass is 127. The summed E-state index contributed by atoms with van der Waals surface area (Å²) in [5.74, 6) is 1.45. The highest BCUT2D eigenvalue weighted by Crippen LogP contribution is 2.36. The van der Waals surface area contributed by atoms with Crippen molar-refractivity contribution >= 4 is 41.3 Å². The monoisotopic (exact) mass is 573 g/mol. The Labute approximate surface area is 204 Å². The van der Waals surface area contributed by atoms with Crippen LogP contribution < -0.4 is 10.6 Å². The zero-order valence-electron chi connectivity index (χ0n) is 18.3. The number of alkyl halides is 3. The van der Waals surface area contributed by atoms with Gasteiger partial charge in [0.15, 0.2) is 5.96 Å². The number of hydrogen-bond donors (Lipinski definition) is 2. The molecule has 0 aliphatic carbocycles. The fraction of sp³-hybridized carbons (Fsp3) is 0.762. The predicted molar refractivity (Wildman–Crippen MR) is 132 cm³/mol. The van der Waals surface area contributed by atoms with Gasteiger partial charge in [-0.2, -0.15) is 13.2 Å². The van der Waals surface area contributed by atoms with E-state index in [9.17, 15) is 13.2 Å². The maximum Gasteiger partial charge on any atom is 0.401 e. The maximum absolute atomic E-state index is 12.6. The number of nitrogens with one attached hydrogen (secondary N) is 2. The third kappa shape index (κ3) is 8.36. The standard InChI is InChI=1S/C21H34F3N5S.HI/c1-3-25-20(26-12-16-8-10-29(14-16)15-21(22,23)24)27-13-17-6-4-9-28(2)19(17)18-7-5-11-30-18;/h5,7,11,16-17,19H,3-4,6,8-10,12-15H2,1-2H3,(H2,25,26,27);1H. The van der Waals surface area contributed by atoms with Crippen LogP contribution in [0.4, 0.5) is 13.2 Å². The number of piperidine rings is 1. The molecule has 0 radical (unpaired) electrons. The number of likely N-dealkylation sites (tertiary alicyclic amines) is 2. The van der Waals surface area contributed by atoms with E-state index in [0.29, 0.717) is 31.6 Å². The lowest BCUT2D eigenvalue weighted by atomic mass is 9.88. The van der Waals surface area contributed by atoms with Crippen LogP contribution in [0, 0.1) is 11.8 Å². The maximum atomic E-state index is 12.6. The van der Waals surface area contributed by atoms with E-state index in [2.05, 4.69) is 40.1 Å². The van der Waals surface area contributed by atoms with Gasteiger partial charge in [0, 0.05) is 37.1 Å². The van der Waals surface area contributed by atoms with Crippen molar-refractivity contribution in [2.45, 2.75) is 38.4 Å². The van der Waals surface area contributed by atoms with Crippen LogP contribution in [0.3, 0.4) is 0 Å². The van der Waals surface area contributed by atoms with Crippen LogP contribution in [0.5, 0.6) is 0 Å². The fourth-order valence-corrected chi connectivity index (χ4v) is 5.61. The zero-order valence-corrected chi connectivity index (χ0v) is 21.5. The molecule has 2 aliphatic heterocycles. The van der Waals surface area contributed by atoms with Crippen molar-refractivity contribution in [3.05, 3.63) is 22.4 Å². The number of hydrogen-bond acceptors (Lipinski definition) is 4. The molecule has 2 fully saturated rings. The molecular weight excluding hydrogens is 538 g/mol. The van der Waals surface area contributed by atoms with Gasteiger partial charge in [-0.05, 0) is 69.6 Å². The first-order valence-electron chi connectivity index (χ1n) is 10.9. The molecule has 0 spiro atoms. The molecule has 10 heteroatoms. The Hall–Kier alpha value is -0.590. The van der Waals surface area contributed by atoms with E-state index >= 15 is 0 Å². The van der Waals surface area contributed by atoms with Crippen LogP contribution in [0.2, 0.25) is 0 Å². The Bertz CT molecular complexity index is 670. The molecule has 2 N–H and O–H groups in total. The molecular formula is C21H35F3IN5S. The smallest absolute Gasteiger partial charge is 0.357 e. The Morgan fingerprint density at radius 1 is 1.26 bits per heavy atom. The van der Waals surface area contributed by atoms with Gasteiger partial charge in [0.2, 0.25) is 0 Å². The van der Waals surface area contributed by atoms with Crippen molar-refractivity contribution < 1.29 is 13.2 Å². The van der Waals surface area contributed by atoms with E-state index in [1.807, 2.05) is 18.3 Å². The lowest BCUT2D eigenvalue weighted by molar-refractivity contribution is -0.143. The minimum atomic E-state index is -4.12. The fourth-order valence-electron chi connectivity index (χ4n) is 4.63. The number of rotatable bonds is 7. The van der Waals surface area contributed by atoms with Gasteiger partial charge in [-0.25, -0.2) is 0 Å². The lowest BCUT2D eigenvalue weighted by Gasteiger charge is -2.39.